The minimum atomic E-state index is -3.00. The first-order valence-electron chi connectivity index (χ1n) is 6.84. The second kappa shape index (κ2) is 8.65. The molecule has 1 rings (SSSR count). The number of hydrogen-bond donors (Lipinski definition) is 2. The summed E-state index contributed by atoms with van der Waals surface area (Å²) in [5, 5.41) is 11.2. The predicted molar refractivity (Wildman–Crippen MR) is 84.5 cm³/mol. The van der Waals surface area contributed by atoms with Gasteiger partial charge >= 0.3 is 0 Å². The van der Waals surface area contributed by atoms with Crippen molar-refractivity contribution in [2.75, 3.05) is 18.1 Å². The van der Waals surface area contributed by atoms with Crippen LogP contribution in [0.1, 0.15) is 33.6 Å². The smallest absolute Gasteiger partial charge is 0.204 e. The normalized spacial score (nSPS) is 15.6. The maximum absolute atomic E-state index is 12.0. The molecule has 0 saturated heterocycles. The van der Waals surface area contributed by atoms with E-state index in [0.717, 1.165) is 29.2 Å². The molecule has 0 aliphatic rings. The molecule has 2 N–H and O–H groups in total. The number of allylic oxidation sites excluding steroid dienone is 2. The highest BCUT2D eigenvalue weighted by atomic mass is 32.2. The van der Waals surface area contributed by atoms with Crippen molar-refractivity contribution in [3.05, 3.63) is 17.8 Å². The third kappa shape index (κ3) is 7.88. The van der Waals surface area contributed by atoms with Crippen molar-refractivity contribution >= 4 is 19.1 Å². The van der Waals surface area contributed by atoms with Crippen LogP contribution < -0.4 is 0 Å². The second-order valence-corrected chi connectivity index (χ2v) is 8.92. The van der Waals surface area contributed by atoms with Gasteiger partial charge in [-0.3, -0.25) is 4.57 Å². The van der Waals surface area contributed by atoms with E-state index in [1.54, 1.807) is 18.0 Å². The molecule has 0 fully saturated rings. The highest BCUT2D eigenvalue weighted by molar-refractivity contribution is 7.99. The van der Waals surface area contributed by atoms with Gasteiger partial charge in [-0.25, -0.2) is 0 Å². The standard InChI is InChI=1S/C13H24N3O2PS/c1-11(2)9-19(17,18)10-12(3)6-4-5-7-20-13-8-14-16-15-13/h6,8,11H,4-5,7,9-10H2,1-3H3,(H,17,18)(H,14,15,16). The van der Waals surface area contributed by atoms with E-state index in [9.17, 15) is 9.46 Å². The molecule has 0 radical (unpaired) electrons. The second-order valence-electron chi connectivity index (χ2n) is 5.43. The summed E-state index contributed by atoms with van der Waals surface area (Å²) < 4.78 is 12.0. The summed E-state index contributed by atoms with van der Waals surface area (Å²) in [6.45, 7) is 5.89. The van der Waals surface area contributed by atoms with E-state index in [4.69, 9.17) is 0 Å². The molecule has 1 heterocycles. The van der Waals surface area contributed by atoms with Crippen LogP contribution in [0.3, 0.4) is 0 Å². The van der Waals surface area contributed by atoms with Gasteiger partial charge in [-0.1, -0.05) is 25.5 Å². The van der Waals surface area contributed by atoms with E-state index >= 15 is 0 Å². The van der Waals surface area contributed by atoms with Crippen LogP contribution in [0.5, 0.6) is 0 Å². The molecule has 0 bridgehead atoms. The van der Waals surface area contributed by atoms with Gasteiger partial charge < -0.3 is 4.89 Å². The van der Waals surface area contributed by atoms with Crippen LogP contribution in [0.15, 0.2) is 22.9 Å². The van der Waals surface area contributed by atoms with Crippen molar-refractivity contribution in [2.45, 2.75) is 38.6 Å². The van der Waals surface area contributed by atoms with Gasteiger partial charge in [0.15, 0.2) is 0 Å². The van der Waals surface area contributed by atoms with Crippen LogP contribution >= 0.6 is 19.1 Å². The van der Waals surface area contributed by atoms with E-state index in [1.165, 1.54) is 0 Å². The van der Waals surface area contributed by atoms with Crippen LogP contribution in [0.4, 0.5) is 0 Å². The zero-order valence-electron chi connectivity index (χ0n) is 12.4. The minimum absolute atomic E-state index is 0.262. The molecular formula is C13H24N3O2PS. The van der Waals surface area contributed by atoms with E-state index in [0.29, 0.717) is 12.3 Å². The molecule has 1 atom stereocenters. The largest absolute Gasteiger partial charge is 0.344 e. The Morgan fingerprint density at radius 1 is 1.60 bits per heavy atom. The van der Waals surface area contributed by atoms with Crippen LogP contribution in [0.25, 0.3) is 0 Å². The lowest BCUT2D eigenvalue weighted by Crippen LogP contribution is -2.02. The lowest BCUT2D eigenvalue weighted by Gasteiger charge is -2.14. The molecule has 0 aliphatic carbocycles. The number of thioether (sulfide) groups is 1. The Bertz CT molecular complexity index is 460. The summed E-state index contributed by atoms with van der Waals surface area (Å²) in [5.41, 5.74) is 1.02. The molecule has 7 heteroatoms. The summed E-state index contributed by atoms with van der Waals surface area (Å²) in [5.74, 6) is 1.23. The number of nitrogens with zero attached hydrogens (tertiary/aromatic N) is 2. The molecule has 0 aromatic carbocycles. The van der Waals surface area contributed by atoms with Gasteiger partial charge in [0.2, 0.25) is 7.37 Å². The lowest BCUT2D eigenvalue weighted by molar-refractivity contribution is 0.471. The molecule has 1 unspecified atom stereocenters. The van der Waals surface area contributed by atoms with Gasteiger partial charge in [-0.05, 0) is 31.4 Å². The molecule has 1 aromatic rings. The number of H-pyrrole nitrogens is 1. The highest BCUT2D eigenvalue weighted by Crippen LogP contribution is 2.44. The monoisotopic (exact) mass is 317 g/mol. The maximum Gasteiger partial charge on any atom is 0.204 e. The number of nitrogens with one attached hydrogen (secondary N) is 1. The third-order valence-corrected chi connectivity index (χ3v) is 5.91. The van der Waals surface area contributed by atoms with E-state index in [2.05, 4.69) is 21.5 Å². The number of aromatic amines is 1. The summed E-state index contributed by atoms with van der Waals surface area (Å²) >= 11 is 1.66. The predicted octanol–water partition coefficient (Wildman–Crippen LogP) is 3.55. The number of rotatable bonds is 9. The molecule has 0 saturated carbocycles. The number of hydrogen-bond acceptors (Lipinski definition) is 4. The average Bonchev–Trinajstić information content (AvgIpc) is 2.78. The summed E-state index contributed by atoms with van der Waals surface area (Å²) in [4.78, 5) is 9.87. The van der Waals surface area contributed by atoms with Gasteiger partial charge in [0, 0.05) is 12.3 Å². The molecule has 114 valence electrons. The summed E-state index contributed by atoms with van der Waals surface area (Å²) in [6.07, 6.45) is 6.46. The molecule has 20 heavy (non-hydrogen) atoms. The first-order valence-corrected chi connectivity index (χ1v) is 9.85. The van der Waals surface area contributed by atoms with Gasteiger partial charge in [-0.2, -0.15) is 10.3 Å². The zero-order valence-corrected chi connectivity index (χ0v) is 14.1. The Balaban J connectivity index is 2.22. The van der Waals surface area contributed by atoms with Crippen LogP contribution in [-0.2, 0) is 4.57 Å². The fraction of sp³-hybridized carbons (Fsp3) is 0.692. The summed E-state index contributed by atoms with van der Waals surface area (Å²) in [7, 11) is -3.00. The van der Waals surface area contributed by atoms with Crippen molar-refractivity contribution in [1.29, 1.82) is 0 Å². The van der Waals surface area contributed by atoms with Gasteiger partial charge in [0.1, 0.15) is 5.03 Å². The van der Waals surface area contributed by atoms with Gasteiger partial charge in [0.05, 0.1) is 6.20 Å². The Hall–Kier alpha value is -0.580. The molecule has 0 amide bonds. The number of aromatic nitrogens is 3. The van der Waals surface area contributed by atoms with Crippen molar-refractivity contribution in [1.82, 2.24) is 15.4 Å². The lowest BCUT2D eigenvalue weighted by atomic mass is 10.2. The molecular weight excluding hydrogens is 293 g/mol. The Morgan fingerprint density at radius 2 is 2.35 bits per heavy atom. The first-order chi connectivity index (χ1) is 9.39. The van der Waals surface area contributed by atoms with Crippen molar-refractivity contribution < 1.29 is 9.46 Å². The Morgan fingerprint density at radius 3 is 2.95 bits per heavy atom. The maximum atomic E-state index is 12.0. The van der Waals surface area contributed by atoms with Crippen molar-refractivity contribution in [3.8, 4) is 0 Å². The Kier molecular flexibility index (Phi) is 7.56. The third-order valence-electron chi connectivity index (χ3n) is 2.63. The molecule has 1 aromatic heterocycles. The fourth-order valence-electron chi connectivity index (χ4n) is 1.96. The summed E-state index contributed by atoms with van der Waals surface area (Å²) in [6, 6.07) is 0. The van der Waals surface area contributed by atoms with E-state index in [1.807, 2.05) is 20.8 Å². The van der Waals surface area contributed by atoms with Crippen LogP contribution in [0.2, 0.25) is 0 Å². The first kappa shape index (κ1) is 17.5. The van der Waals surface area contributed by atoms with E-state index < -0.39 is 7.37 Å². The van der Waals surface area contributed by atoms with Crippen molar-refractivity contribution in [3.63, 3.8) is 0 Å². The molecule has 0 aliphatic heterocycles. The van der Waals surface area contributed by atoms with E-state index in [-0.39, 0.29) is 5.92 Å². The van der Waals surface area contributed by atoms with Crippen LogP contribution in [-0.4, -0.2) is 38.4 Å². The van der Waals surface area contributed by atoms with Crippen molar-refractivity contribution in [2.24, 2.45) is 5.92 Å². The average molecular weight is 317 g/mol. The minimum Gasteiger partial charge on any atom is -0.344 e. The molecule has 5 nitrogen and oxygen atoms in total. The fourth-order valence-corrected chi connectivity index (χ4v) is 4.89. The van der Waals surface area contributed by atoms with Gasteiger partial charge in [0.25, 0.3) is 0 Å². The SMILES string of the molecule is CC(=CCCCSc1cn[nH]n1)CP(=O)(O)CC(C)C. The topological polar surface area (TPSA) is 78.9 Å². The number of unbranched alkanes of at least 4 members (excludes halogenated alkanes) is 1. The quantitative estimate of drug-likeness (QED) is 0.315. The van der Waals surface area contributed by atoms with Gasteiger partial charge in [-0.15, -0.1) is 16.9 Å². The van der Waals surface area contributed by atoms with Crippen LogP contribution in [0, 0.1) is 5.92 Å². The zero-order chi connectivity index (χ0) is 15.0. The highest BCUT2D eigenvalue weighted by Gasteiger charge is 2.19. The Labute approximate surface area is 125 Å². The molecule has 0 spiro atoms.